The van der Waals surface area contributed by atoms with Crippen molar-refractivity contribution in [1.82, 2.24) is 0 Å². The molecule has 0 aliphatic rings. The molecule has 4 rings (SSSR count). The van der Waals surface area contributed by atoms with Crippen LogP contribution in [0.1, 0.15) is 118 Å². The molecule has 0 aliphatic carbocycles. The van der Waals surface area contributed by atoms with Crippen LogP contribution in [0.5, 0.6) is 46.0 Å². The summed E-state index contributed by atoms with van der Waals surface area (Å²) in [5.41, 5.74) is -0.299. The van der Waals surface area contributed by atoms with Gasteiger partial charge in [0.25, 0.3) is 0 Å². The second-order valence-corrected chi connectivity index (χ2v) is 17.3. The van der Waals surface area contributed by atoms with Crippen molar-refractivity contribution in [3.63, 3.8) is 0 Å². The van der Waals surface area contributed by atoms with Gasteiger partial charge in [0.05, 0.1) is 60.9 Å². The molecule has 0 fully saturated rings. The first-order valence-corrected chi connectivity index (χ1v) is 22.5. The summed E-state index contributed by atoms with van der Waals surface area (Å²) >= 11 is 0. The van der Waals surface area contributed by atoms with Gasteiger partial charge in [-0.25, -0.2) is 33.6 Å². The Kier molecular flexibility index (Phi) is 26.7. The minimum absolute atomic E-state index is 0.0164. The van der Waals surface area contributed by atoms with Gasteiger partial charge in [0.15, 0.2) is 19.8 Å². The van der Waals surface area contributed by atoms with Crippen LogP contribution < -0.4 is 33.2 Å². The third-order valence-corrected chi connectivity index (χ3v) is 7.90. The summed E-state index contributed by atoms with van der Waals surface area (Å²) in [6.45, 7) is 18.8. The predicted molar refractivity (Wildman–Crippen MR) is 265 cm³/mol. The van der Waals surface area contributed by atoms with E-state index in [1.807, 2.05) is 41.5 Å². The second-order valence-electron chi connectivity index (χ2n) is 17.3. The molecule has 0 spiro atoms. The molecule has 74 heavy (non-hydrogen) atoms. The van der Waals surface area contributed by atoms with Gasteiger partial charge in [-0.15, -0.1) is 0 Å². The van der Waals surface area contributed by atoms with Crippen LogP contribution in [0.3, 0.4) is 0 Å². The van der Waals surface area contributed by atoms with Crippen LogP contribution in [0.25, 0.3) is 0 Å². The molecule has 22 nitrogen and oxygen atoms in total. The fraction of sp³-hybridized carbons (Fsp3) is 0.404. The zero-order valence-electron chi connectivity index (χ0n) is 43.5. The number of aromatic carboxylic acids is 3. The van der Waals surface area contributed by atoms with Gasteiger partial charge in [-0.2, -0.15) is 0 Å². The molecular formula is C52H66O22. The van der Waals surface area contributed by atoms with Gasteiger partial charge in [0.1, 0.15) is 51.6 Å². The van der Waals surface area contributed by atoms with Gasteiger partial charge in [-0.05, 0) is 125 Å². The number of rotatable bonds is 21. The van der Waals surface area contributed by atoms with Crippen molar-refractivity contribution in [3.05, 3.63) is 95.1 Å². The number of carboxylic acids is 4. The number of hydrogen-bond donors (Lipinski definition) is 5. The monoisotopic (exact) mass is 1040 g/mol. The lowest BCUT2D eigenvalue weighted by molar-refractivity contribution is -0.157. The Balaban J connectivity index is 0.000000497. The molecule has 0 bridgehead atoms. The number of phenols is 1. The van der Waals surface area contributed by atoms with Gasteiger partial charge in [-0.3, -0.25) is 0 Å². The smallest absolute Gasteiger partial charge is 0.344 e. The third kappa shape index (κ3) is 27.2. The van der Waals surface area contributed by atoms with E-state index >= 15 is 0 Å². The van der Waals surface area contributed by atoms with Crippen LogP contribution >= 0.6 is 0 Å². The summed E-state index contributed by atoms with van der Waals surface area (Å²) < 4.78 is 51.1. The number of aromatic hydroxyl groups is 1. The molecular weight excluding hydrogens is 977 g/mol. The maximum Gasteiger partial charge on any atom is 0.344 e. The fourth-order valence-corrected chi connectivity index (χ4v) is 5.37. The fourth-order valence-electron chi connectivity index (χ4n) is 5.37. The van der Waals surface area contributed by atoms with E-state index in [0.29, 0.717) is 23.0 Å². The Morgan fingerprint density at radius 2 is 0.730 bits per heavy atom. The van der Waals surface area contributed by atoms with Crippen molar-refractivity contribution in [3.8, 4) is 46.0 Å². The van der Waals surface area contributed by atoms with E-state index in [4.69, 9.17) is 58.3 Å². The average Bonchev–Trinajstić information content (AvgIpc) is 3.27. The SMILES string of the molecule is CC(C)Oc1cc(OCC(=O)O)cc(C(=O)O)c1.CC(C)Oc1cc(OCC(=O)OC(C)(C)C)cc(C(=O)O)c1.COC(=O)COc1cc(OC(C)C)cc(C(=O)O)c1.COC(=O)c1cc(O)cc(OC(C)C)c1. The molecule has 0 amide bonds. The van der Waals surface area contributed by atoms with Crippen molar-refractivity contribution < 1.29 is 106 Å². The topological polar surface area (TPSA) is 313 Å². The van der Waals surface area contributed by atoms with Crippen LogP contribution in [0, 0.1) is 0 Å². The molecule has 0 aliphatic heterocycles. The zero-order chi connectivity index (χ0) is 56.5. The largest absolute Gasteiger partial charge is 0.508 e. The maximum absolute atomic E-state index is 11.6. The summed E-state index contributed by atoms with van der Waals surface area (Å²) in [7, 11) is 2.53. The number of phenolic OH excluding ortho intramolecular Hbond substituents is 1. The van der Waals surface area contributed by atoms with Gasteiger partial charge in [-0.1, -0.05) is 0 Å². The first kappa shape index (κ1) is 63.6. The van der Waals surface area contributed by atoms with E-state index in [9.17, 15) is 38.7 Å². The Morgan fingerprint density at radius 3 is 1.03 bits per heavy atom. The summed E-state index contributed by atoms with van der Waals surface area (Å²) in [5, 5.41) is 44.9. The number of benzene rings is 4. The highest BCUT2D eigenvalue weighted by atomic mass is 16.6. The summed E-state index contributed by atoms with van der Waals surface area (Å²) in [6, 6.07) is 16.9. The number of carboxylic acid groups (broad SMARTS) is 4. The highest BCUT2D eigenvalue weighted by Crippen LogP contribution is 2.27. The molecule has 0 aromatic heterocycles. The normalized spacial score (nSPS) is 10.4. The molecule has 0 saturated heterocycles. The molecule has 0 radical (unpaired) electrons. The minimum Gasteiger partial charge on any atom is -0.508 e. The highest BCUT2D eigenvalue weighted by Gasteiger charge is 2.18. The number of hydrogen-bond acceptors (Lipinski definition) is 18. The van der Waals surface area contributed by atoms with Crippen molar-refractivity contribution in [1.29, 1.82) is 0 Å². The summed E-state index contributed by atoms with van der Waals surface area (Å²) in [5.74, 6) is -3.94. The molecule has 406 valence electrons. The number of carbonyl (C=O) groups excluding carboxylic acids is 3. The van der Waals surface area contributed by atoms with Crippen LogP contribution in [0.15, 0.2) is 72.8 Å². The predicted octanol–water partition coefficient (Wildman–Crippen LogP) is 8.22. The van der Waals surface area contributed by atoms with Gasteiger partial charge in [0.2, 0.25) is 0 Å². The molecule has 0 heterocycles. The first-order valence-electron chi connectivity index (χ1n) is 22.5. The Morgan fingerprint density at radius 1 is 0.419 bits per heavy atom. The van der Waals surface area contributed by atoms with E-state index in [1.165, 1.54) is 87.0 Å². The van der Waals surface area contributed by atoms with Gasteiger partial charge in [0, 0.05) is 24.3 Å². The summed E-state index contributed by atoms with van der Waals surface area (Å²) in [4.78, 5) is 77.2. The van der Waals surface area contributed by atoms with E-state index in [2.05, 4.69) is 9.47 Å². The quantitative estimate of drug-likeness (QED) is 0.0387. The Bertz CT molecular complexity index is 2500. The van der Waals surface area contributed by atoms with E-state index in [-0.39, 0.29) is 82.9 Å². The van der Waals surface area contributed by atoms with Crippen LogP contribution in [0.4, 0.5) is 0 Å². The van der Waals surface area contributed by atoms with Crippen molar-refractivity contribution >= 4 is 41.8 Å². The average molecular weight is 1040 g/mol. The van der Waals surface area contributed by atoms with Crippen LogP contribution in [-0.2, 0) is 28.6 Å². The van der Waals surface area contributed by atoms with E-state index in [1.54, 1.807) is 34.6 Å². The Hall–Kier alpha value is -8.43. The van der Waals surface area contributed by atoms with Gasteiger partial charge < -0.3 is 72.9 Å². The lowest BCUT2D eigenvalue weighted by Gasteiger charge is -2.19. The zero-order valence-corrected chi connectivity index (χ0v) is 43.5. The summed E-state index contributed by atoms with van der Waals surface area (Å²) in [6.07, 6.45) is -0.348. The number of esters is 3. The van der Waals surface area contributed by atoms with Crippen molar-refractivity contribution in [2.24, 2.45) is 0 Å². The lowest BCUT2D eigenvalue weighted by atomic mass is 10.2. The molecule has 0 atom stereocenters. The minimum atomic E-state index is -1.14. The van der Waals surface area contributed by atoms with Crippen LogP contribution in [0.2, 0.25) is 0 Å². The molecule has 5 N–H and O–H groups in total. The number of ether oxygens (including phenoxy) is 10. The third-order valence-electron chi connectivity index (χ3n) is 7.90. The number of carbonyl (C=O) groups is 7. The van der Waals surface area contributed by atoms with E-state index in [0.717, 1.165) is 0 Å². The molecule has 4 aromatic rings. The highest BCUT2D eigenvalue weighted by molar-refractivity contribution is 5.91. The molecule has 0 unspecified atom stereocenters. The standard InChI is InChI=1S/C16H22O6.C13H16O6.C12H14O6.C11H14O4/c1-10(2)21-13-7-11(15(18)19)6-12(8-13)20-9-14(17)22-16(3,4)5;1-8(2)19-11-5-9(13(15)16)4-10(6-11)18-7-12(14)17-3;1-7(2)18-10-4-8(12(15)16)3-9(5-10)17-6-11(13)14;1-7(2)15-10-5-8(11(13)14-3)4-9(12)6-10/h6-8,10H,9H2,1-5H3,(H,18,19);4-6,8H,7H2,1-3H3,(H,15,16);3-5,7H,6H2,1-2H3,(H,13,14)(H,15,16);4-7,12H,1-3H3. The van der Waals surface area contributed by atoms with E-state index < -0.39 is 54.0 Å². The van der Waals surface area contributed by atoms with Crippen LogP contribution in [-0.4, -0.2) is 131 Å². The molecule has 22 heteroatoms. The number of methoxy groups -OCH3 is 2. The number of aliphatic carboxylic acids is 1. The second kappa shape index (κ2) is 31.1. The van der Waals surface area contributed by atoms with Gasteiger partial charge >= 0.3 is 41.8 Å². The Labute approximate surface area is 428 Å². The van der Waals surface area contributed by atoms with Crippen molar-refractivity contribution in [2.75, 3.05) is 34.0 Å². The first-order chi connectivity index (χ1) is 34.4. The molecule has 4 aromatic carbocycles. The van der Waals surface area contributed by atoms with Crippen molar-refractivity contribution in [2.45, 2.75) is 106 Å². The maximum atomic E-state index is 11.6. The molecule has 0 saturated carbocycles. The lowest BCUT2D eigenvalue weighted by Crippen LogP contribution is -2.27.